The zero-order valence-corrected chi connectivity index (χ0v) is 17.7. The minimum atomic E-state index is 0.448. The van der Waals surface area contributed by atoms with Crippen LogP contribution in [-0.4, -0.2) is 26.0 Å². The van der Waals surface area contributed by atoms with Gasteiger partial charge in [-0.1, -0.05) is 40.0 Å². The first-order valence-corrected chi connectivity index (χ1v) is 9.92. The van der Waals surface area contributed by atoms with Crippen molar-refractivity contribution in [3.05, 3.63) is 77.3 Å². The van der Waals surface area contributed by atoms with Gasteiger partial charge in [-0.15, -0.1) is 0 Å². The van der Waals surface area contributed by atoms with Crippen LogP contribution in [0, 0.1) is 11.8 Å². The molecular formula is C23H17BrN6. The Hall–Kier alpha value is -3.76. The Bertz CT molecular complexity index is 1320. The summed E-state index contributed by atoms with van der Waals surface area (Å²) >= 11 is 3.42. The predicted octanol–water partition coefficient (Wildman–Crippen LogP) is 4.75. The summed E-state index contributed by atoms with van der Waals surface area (Å²) < 4.78 is 2.34. The molecule has 0 fully saturated rings. The maximum atomic E-state index is 6.22. The summed E-state index contributed by atoms with van der Waals surface area (Å²) in [5, 5.41) is 5.47. The Balaban J connectivity index is 1.78. The fourth-order valence-electron chi connectivity index (χ4n) is 2.85. The largest absolute Gasteiger partial charge is 0.383 e. The Kier molecular flexibility index (Phi) is 5.68. The maximum absolute atomic E-state index is 6.22. The lowest BCUT2D eigenvalue weighted by Gasteiger charge is -2.07. The van der Waals surface area contributed by atoms with Crippen LogP contribution in [-0.2, 0) is 0 Å². The van der Waals surface area contributed by atoms with Gasteiger partial charge in [0.25, 0.3) is 0 Å². The number of pyridine rings is 2. The molecule has 0 spiro atoms. The van der Waals surface area contributed by atoms with Crippen LogP contribution in [0.25, 0.3) is 27.9 Å². The highest BCUT2D eigenvalue weighted by molar-refractivity contribution is 9.11. The number of rotatable bonds is 3. The van der Waals surface area contributed by atoms with E-state index >= 15 is 0 Å². The van der Waals surface area contributed by atoms with Gasteiger partial charge in [0, 0.05) is 45.1 Å². The van der Waals surface area contributed by atoms with E-state index in [1.165, 1.54) is 0 Å². The van der Waals surface area contributed by atoms with Gasteiger partial charge >= 0.3 is 0 Å². The summed E-state index contributed by atoms with van der Waals surface area (Å²) in [5.41, 5.74) is 9.72. The number of aliphatic imine (C=N–C) groups is 1. The third kappa shape index (κ3) is 4.14. The van der Waals surface area contributed by atoms with Crippen molar-refractivity contribution >= 4 is 44.7 Å². The molecule has 30 heavy (non-hydrogen) atoms. The highest BCUT2D eigenvalue weighted by atomic mass is 79.9. The number of benzene rings is 1. The van der Waals surface area contributed by atoms with Crippen molar-refractivity contribution in [2.75, 3.05) is 0 Å². The fraction of sp³-hybridized carbons (Fsp3) is 0.0435. The number of hydrogen-bond donors (Lipinski definition) is 1. The normalized spacial score (nSPS) is 11.9. The molecular weight excluding hydrogens is 440 g/mol. The molecule has 0 unspecified atom stereocenters. The Morgan fingerprint density at radius 2 is 1.97 bits per heavy atom. The van der Waals surface area contributed by atoms with Crippen LogP contribution < -0.4 is 5.73 Å². The van der Waals surface area contributed by atoms with Gasteiger partial charge in [0.15, 0.2) is 5.82 Å². The van der Waals surface area contributed by atoms with E-state index in [1.807, 2.05) is 49.5 Å². The van der Waals surface area contributed by atoms with Crippen LogP contribution >= 0.6 is 15.9 Å². The highest BCUT2D eigenvalue weighted by Crippen LogP contribution is 2.33. The van der Waals surface area contributed by atoms with E-state index in [1.54, 1.807) is 29.5 Å². The maximum Gasteiger partial charge on any atom is 0.165 e. The van der Waals surface area contributed by atoms with Crippen LogP contribution in [0.4, 0.5) is 5.82 Å². The molecule has 0 saturated carbocycles. The van der Waals surface area contributed by atoms with E-state index in [9.17, 15) is 0 Å². The standard InChI is InChI=1S/C23H17BrN6/c1-16(24)22(25)30-23(27-10-4-5-17-8-11-26-12-9-17)20(15-29-30)19-13-18-6-2-3-7-21(18)28-14-19/h2-3,6-15H,25H2,1H3/b22-16+,27-10+. The van der Waals surface area contributed by atoms with Crippen LogP contribution in [0.15, 0.2) is 76.7 Å². The summed E-state index contributed by atoms with van der Waals surface area (Å²) in [4.78, 5) is 13.1. The second-order valence-electron chi connectivity index (χ2n) is 6.39. The smallest absolute Gasteiger partial charge is 0.165 e. The van der Waals surface area contributed by atoms with Gasteiger partial charge in [-0.05, 0) is 37.1 Å². The van der Waals surface area contributed by atoms with Crippen LogP contribution in [0.1, 0.15) is 12.5 Å². The number of halogens is 1. The van der Waals surface area contributed by atoms with E-state index in [0.29, 0.717) is 11.6 Å². The third-order valence-corrected chi connectivity index (χ3v) is 4.78. The minimum Gasteiger partial charge on any atom is -0.383 e. The van der Waals surface area contributed by atoms with Gasteiger partial charge in [-0.25, -0.2) is 4.99 Å². The van der Waals surface area contributed by atoms with Crippen molar-refractivity contribution in [3.8, 4) is 23.0 Å². The van der Waals surface area contributed by atoms with E-state index < -0.39 is 0 Å². The van der Waals surface area contributed by atoms with Crippen LogP contribution in [0.3, 0.4) is 0 Å². The number of nitrogens with two attached hydrogens (primary N) is 1. The highest BCUT2D eigenvalue weighted by Gasteiger charge is 2.15. The lowest BCUT2D eigenvalue weighted by atomic mass is 10.1. The molecule has 0 aliphatic carbocycles. The molecule has 6 nitrogen and oxygen atoms in total. The Morgan fingerprint density at radius 3 is 2.77 bits per heavy atom. The molecule has 146 valence electrons. The average molecular weight is 457 g/mol. The number of nitrogens with zero attached hydrogens (tertiary/aromatic N) is 5. The van der Waals surface area contributed by atoms with Crippen LogP contribution in [0.2, 0.25) is 0 Å². The topological polar surface area (TPSA) is 82.0 Å². The fourth-order valence-corrected chi connectivity index (χ4v) is 3.02. The van der Waals surface area contributed by atoms with E-state index in [2.05, 4.69) is 53.9 Å². The van der Waals surface area contributed by atoms with Gasteiger partial charge in [0.05, 0.1) is 17.9 Å². The zero-order valence-electron chi connectivity index (χ0n) is 16.1. The van der Waals surface area contributed by atoms with Crippen molar-refractivity contribution in [1.29, 1.82) is 0 Å². The lowest BCUT2D eigenvalue weighted by Crippen LogP contribution is -2.08. The van der Waals surface area contributed by atoms with Crippen molar-refractivity contribution in [1.82, 2.24) is 19.7 Å². The average Bonchev–Trinajstić information content (AvgIpc) is 3.20. The lowest BCUT2D eigenvalue weighted by molar-refractivity contribution is 0.884. The first kappa shape index (κ1) is 19.6. The van der Waals surface area contributed by atoms with Crippen molar-refractivity contribution < 1.29 is 0 Å². The van der Waals surface area contributed by atoms with Gasteiger partial charge in [-0.3, -0.25) is 9.97 Å². The number of fused-ring (bicyclic) bond motifs is 1. The van der Waals surface area contributed by atoms with Gasteiger partial charge in [0.1, 0.15) is 5.82 Å². The Labute approximate surface area is 182 Å². The molecule has 3 aromatic heterocycles. The van der Waals surface area contributed by atoms with Crippen LogP contribution in [0.5, 0.6) is 0 Å². The second-order valence-corrected chi connectivity index (χ2v) is 7.58. The van der Waals surface area contributed by atoms with Gasteiger partial charge in [-0.2, -0.15) is 9.78 Å². The summed E-state index contributed by atoms with van der Waals surface area (Å²) in [6.45, 7) is 1.85. The second kappa shape index (κ2) is 8.72. The zero-order chi connectivity index (χ0) is 20.9. The molecule has 3 heterocycles. The summed E-state index contributed by atoms with van der Waals surface area (Å²) in [7, 11) is 0. The summed E-state index contributed by atoms with van der Waals surface area (Å²) in [6.07, 6.45) is 8.49. The molecule has 0 aliphatic heterocycles. The molecule has 0 saturated heterocycles. The summed E-state index contributed by atoms with van der Waals surface area (Å²) in [6, 6.07) is 13.7. The predicted molar refractivity (Wildman–Crippen MR) is 124 cm³/mol. The van der Waals surface area contributed by atoms with E-state index in [0.717, 1.165) is 32.1 Å². The molecule has 0 bridgehead atoms. The SMILES string of the molecule is C/C(Br)=C(/N)n1ncc(-c2cnc3ccccc3c2)c1/N=C/C#Cc1ccncc1. The molecule has 4 aromatic rings. The monoisotopic (exact) mass is 456 g/mol. The molecule has 0 amide bonds. The van der Waals surface area contributed by atoms with E-state index in [4.69, 9.17) is 5.73 Å². The first-order chi connectivity index (χ1) is 14.6. The van der Waals surface area contributed by atoms with Gasteiger partial charge in [0.2, 0.25) is 0 Å². The van der Waals surface area contributed by atoms with Crippen molar-refractivity contribution in [2.24, 2.45) is 10.7 Å². The molecule has 0 atom stereocenters. The number of aromatic nitrogens is 4. The quantitative estimate of drug-likeness (QED) is 0.356. The molecule has 2 N–H and O–H groups in total. The molecule has 4 rings (SSSR count). The third-order valence-electron chi connectivity index (χ3n) is 4.37. The number of allylic oxidation sites excluding steroid dienone is 1. The molecule has 0 radical (unpaired) electrons. The van der Waals surface area contributed by atoms with Gasteiger partial charge < -0.3 is 5.73 Å². The number of para-hydroxylation sites is 1. The Morgan fingerprint density at radius 1 is 1.17 bits per heavy atom. The van der Waals surface area contributed by atoms with E-state index in [-0.39, 0.29) is 0 Å². The van der Waals surface area contributed by atoms with Crippen molar-refractivity contribution in [2.45, 2.75) is 6.92 Å². The molecule has 0 aliphatic rings. The first-order valence-electron chi connectivity index (χ1n) is 9.13. The molecule has 1 aromatic carbocycles. The van der Waals surface area contributed by atoms with Crippen molar-refractivity contribution in [3.63, 3.8) is 0 Å². The summed E-state index contributed by atoms with van der Waals surface area (Å²) in [5.74, 6) is 7.00. The molecule has 7 heteroatoms. The minimum absolute atomic E-state index is 0.448. The number of hydrogen-bond acceptors (Lipinski definition) is 5.